The lowest BCUT2D eigenvalue weighted by Crippen LogP contribution is -2.38. The van der Waals surface area contributed by atoms with Crippen molar-refractivity contribution in [3.63, 3.8) is 0 Å². The van der Waals surface area contributed by atoms with Gasteiger partial charge in [-0.1, -0.05) is 136 Å². The highest BCUT2D eigenvalue weighted by Crippen LogP contribution is 2.31. The molecule has 0 radical (unpaired) electrons. The van der Waals surface area contributed by atoms with Crippen LogP contribution in [-0.4, -0.2) is 36.0 Å². The van der Waals surface area contributed by atoms with Crippen LogP contribution in [-0.2, 0) is 14.3 Å². The van der Waals surface area contributed by atoms with Crippen LogP contribution in [0, 0.1) is 5.92 Å². The summed E-state index contributed by atoms with van der Waals surface area (Å²) in [5.41, 5.74) is 0. The number of rotatable bonds is 24. The molecule has 1 heterocycles. The summed E-state index contributed by atoms with van der Waals surface area (Å²) >= 11 is 0. The first-order chi connectivity index (χ1) is 17.2. The third-order valence-electron chi connectivity index (χ3n) is 7.73. The molecule has 0 spiro atoms. The molecular weight excluding hydrogens is 434 g/mol. The lowest BCUT2D eigenvalue weighted by molar-refractivity contribution is -0.149. The zero-order valence-corrected chi connectivity index (χ0v) is 23.8. The molecule has 1 aliphatic rings. The van der Waals surface area contributed by atoms with Gasteiger partial charge in [0.25, 0.3) is 0 Å². The van der Waals surface area contributed by atoms with E-state index in [4.69, 9.17) is 4.74 Å². The van der Waals surface area contributed by atoms with Crippen LogP contribution in [0.3, 0.4) is 0 Å². The Morgan fingerprint density at radius 2 is 1.14 bits per heavy atom. The Morgan fingerprint density at radius 1 is 0.686 bits per heavy atom. The van der Waals surface area contributed by atoms with Gasteiger partial charge in [0.1, 0.15) is 0 Å². The van der Waals surface area contributed by atoms with Crippen molar-refractivity contribution in [1.82, 2.24) is 4.90 Å². The van der Waals surface area contributed by atoms with Gasteiger partial charge in [0, 0.05) is 19.0 Å². The summed E-state index contributed by atoms with van der Waals surface area (Å²) in [4.78, 5) is 27.7. The predicted octanol–water partition coefficient (Wildman–Crippen LogP) is 9.00. The lowest BCUT2D eigenvalue weighted by Gasteiger charge is -2.27. The van der Waals surface area contributed by atoms with Crippen LogP contribution in [0.15, 0.2) is 0 Å². The maximum Gasteiger partial charge on any atom is 0.311 e. The van der Waals surface area contributed by atoms with Crippen LogP contribution in [0.25, 0.3) is 0 Å². The van der Waals surface area contributed by atoms with E-state index < -0.39 is 0 Å². The second-order valence-electron chi connectivity index (χ2n) is 10.9. The number of hydrogen-bond donors (Lipinski definition) is 0. The van der Waals surface area contributed by atoms with Gasteiger partial charge in [-0.15, -0.1) is 0 Å². The third-order valence-corrected chi connectivity index (χ3v) is 7.73. The van der Waals surface area contributed by atoms with E-state index in [-0.39, 0.29) is 23.8 Å². The first kappa shape index (κ1) is 32.0. The van der Waals surface area contributed by atoms with Crippen molar-refractivity contribution in [1.29, 1.82) is 0 Å². The minimum absolute atomic E-state index is 0.0482. The molecule has 0 aromatic carbocycles. The molecule has 0 saturated carbocycles. The number of ether oxygens (including phenoxy) is 1. The largest absolute Gasteiger partial charge is 0.465 e. The van der Waals surface area contributed by atoms with Gasteiger partial charge >= 0.3 is 5.97 Å². The van der Waals surface area contributed by atoms with E-state index in [0.717, 1.165) is 45.1 Å². The van der Waals surface area contributed by atoms with Gasteiger partial charge < -0.3 is 9.64 Å². The molecule has 2 unspecified atom stereocenters. The van der Waals surface area contributed by atoms with Crippen molar-refractivity contribution < 1.29 is 14.3 Å². The van der Waals surface area contributed by atoms with Gasteiger partial charge in [0.15, 0.2) is 0 Å². The molecule has 0 aromatic heterocycles. The Kier molecular flexibility index (Phi) is 20.2. The molecule has 1 aliphatic heterocycles. The number of esters is 1. The minimum Gasteiger partial charge on any atom is -0.465 e. The van der Waals surface area contributed by atoms with Crippen molar-refractivity contribution >= 4 is 11.9 Å². The molecule has 1 fully saturated rings. The number of carbonyl (C=O) groups excluding carboxylic acids is 2. The minimum atomic E-state index is -0.258. The first-order valence-corrected chi connectivity index (χ1v) is 15.6. The highest BCUT2D eigenvalue weighted by atomic mass is 16.5. The zero-order chi connectivity index (χ0) is 25.6. The summed E-state index contributed by atoms with van der Waals surface area (Å²) in [6.07, 6.45) is 26.3. The number of amides is 1. The van der Waals surface area contributed by atoms with E-state index >= 15 is 0 Å². The van der Waals surface area contributed by atoms with Gasteiger partial charge in [0.2, 0.25) is 5.91 Å². The highest BCUT2D eigenvalue weighted by molar-refractivity contribution is 5.87. The molecule has 4 heteroatoms. The SMILES string of the molecule is CCCCCCCCCCCCN1C(=O)CC(C(=O)OCCCCCCCCCC)C1CCCC. The molecule has 35 heavy (non-hydrogen) atoms. The Balaban J connectivity index is 2.28. The van der Waals surface area contributed by atoms with Crippen molar-refractivity contribution in [2.24, 2.45) is 5.92 Å². The molecule has 0 aliphatic carbocycles. The zero-order valence-electron chi connectivity index (χ0n) is 23.8. The standard InChI is InChI=1S/C31H59NO3/c1-4-7-10-12-14-16-17-18-20-22-25-32-29(24-9-6-3)28(27-30(32)33)31(34)35-26-23-21-19-15-13-11-8-5-2/h28-29H,4-27H2,1-3H3. The molecule has 1 amide bonds. The van der Waals surface area contributed by atoms with Crippen molar-refractivity contribution in [2.45, 2.75) is 168 Å². The Hall–Kier alpha value is -1.06. The molecule has 0 N–H and O–H groups in total. The van der Waals surface area contributed by atoms with E-state index in [2.05, 4.69) is 20.8 Å². The van der Waals surface area contributed by atoms with Crippen molar-refractivity contribution in [3.05, 3.63) is 0 Å². The van der Waals surface area contributed by atoms with Gasteiger partial charge in [-0.05, 0) is 19.3 Å². The topological polar surface area (TPSA) is 46.6 Å². The second-order valence-corrected chi connectivity index (χ2v) is 10.9. The van der Waals surface area contributed by atoms with Crippen LogP contribution < -0.4 is 0 Å². The van der Waals surface area contributed by atoms with Gasteiger partial charge in [0.05, 0.1) is 12.5 Å². The summed E-state index contributed by atoms with van der Waals surface area (Å²) in [5.74, 6) is -0.227. The normalized spacial score (nSPS) is 17.9. The van der Waals surface area contributed by atoms with Crippen molar-refractivity contribution in [2.75, 3.05) is 13.2 Å². The van der Waals surface area contributed by atoms with Gasteiger partial charge in [-0.2, -0.15) is 0 Å². The number of unbranched alkanes of at least 4 members (excludes halogenated alkanes) is 17. The monoisotopic (exact) mass is 493 g/mol. The number of hydrogen-bond acceptors (Lipinski definition) is 3. The Labute approximate surface area is 218 Å². The van der Waals surface area contributed by atoms with Gasteiger partial charge in [-0.25, -0.2) is 0 Å². The van der Waals surface area contributed by atoms with Crippen molar-refractivity contribution in [3.8, 4) is 0 Å². The molecule has 0 aromatic rings. The smallest absolute Gasteiger partial charge is 0.311 e. The van der Waals surface area contributed by atoms with Crippen LogP contribution >= 0.6 is 0 Å². The summed E-state index contributed by atoms with van der Waals surface area (Å²) in [7, 11) is 0. The molecular formula is C31H59NO3. The van der Waals surface area contributed by atoms with E-state index in [1.54, 1.807) is 0 Å². The fraction of sp³-hybridized carbons (Fsp3) is 0.935. The first-order valence-electron chi connectivity index (χ1n) is 15.6. The Bertz CT molecular complexity index is 521. The molecule has 1 saturated heterocycles. The summed E-state index contributed by atoms with van der Waals surface area (Å²) in [5, 5.41) is 0. The molecule has 2 atom stereocenters. The van der Waals surface area contributed by atoms with Crippen LogP contribution in [0.4, 0.5) is 0 Å². The van der Waals surface area contributed by atoms with Crippen LogP contribution in [0.2, 0.25) is 0 Å². The summed E-state index contributed by atoms with van der Waals surface area (Å²) in [6.45, 7) is 8.01. The number of carbonyl (C=O) groups is 2. The fourth-order valence-electron chi connectivity index (χ4n) is 5.43. The summed E-state index contributed by atoms with van der Waals surface area (Å²) < 4.78 is 5.67. The molecule has 0 bridgehead atoms. The molecule has 4 nitrogen and oxygen atoms in total. The van der Waals surface area contributed by atoms with E-state index in [1.165, 1.54) is 96.3 Å². The Morgan fingerprint density at radius 3 is 1.66 bits per heavy atom. The maximum absolute atomic E-state index is 12.9. The number of likely N-dealkylation sites (tertiary alicyclic amines) is 1. The van der Waals surface area contributed by atoms with Gasteiger partial charge in [-0.3, -0.25) is 9.59 Å². The molecule has 206 valence electrons. The fourth-order valence-corrected chi connectivity index (χ4v) is 5.43. The maximum atomic E-state index is 12.9. The van der Waals surface area contributed by atoms with E-state index in [1.807, 2.05) is 4.90 Å². The average molecular weight is 494 g/mol. The second kappa shape index (κ2) is 22.2. The van der Waals surface area contributed by atoms with E-state index in [9.17, 15) is 9.59 Å². The third kappa shape index (κ3) is 14.9. The molecule has 1 rings (SSSR count). The van der Waals surface area contributed by atoms with Crippen LogP contribution in [0.5, 0.6) is 0 Å². The highest BCUT2D eigenvalue weighted by Gasteiger charge is 2.43. The predicted molar refractivity (Wildman–Crippen MR) is 149 cm³/mol. The quantitative estimate of drug-likeness (QED) is 0.0995. The lowest BCUT2D eigenvalue weighted by atomic mass is 9.95. The van der Waals surface area contributed by atoms with E-state index in [0.29, 0.717) is 13.0 Å². The van der Waals surface area contributed by atoms with Crippen LogP contribution in [0.1, 0.15) is 162 Å². The summed E-state index contributed by atoms with van der Waals surface area (Å²) in [6, 6.07) is 0.0482. The number of nitrogens with zero attached hydrogens (tertiary/aromatic N) is 1. The average Bonchev–Trinajstić information content (AvgIpc) is 3.17.